The summed E-state index contributed by atoms with van der Waals surface area (Å²) in [6.45, 7) is 3.19. The molecule has 0 radical (unpaired) electrons. The van der Waals surface area contributed by atoms with Crippen LogP contribution in [0.1, 0.15) is 58.3 Å². The van der Waals surface area contributed by atoms with Crippen LogP contribution in [0.3, 0.4) is 0 Å². The third-order valence-corrected chi connectivity index (χ3v) is 4.92. The van der Waals surface area contributed by atoms with Crippen LogP contribution in [-0.2, 0) is 9.47 Å². The van der Waals surface area contributed by atoms with Gasteiger partial charge in [0.2, 0.25) is 0 Å². The first-order valence-corrected chi connectivity index (χ1v) is 7.51. The molecule has 0 aromatic heterocycles. The van der Waals surface area contributed by atoms with Crippen molar-refractivity contribution >= 4 is 0 Å². The largest absolute Gasteiger partial charge is 0.390 e. The van der Waals surface area contributed by atoms with Gasteiger partial charge in [-0.1, -0.05) is 6.92 Å². The predicted octanol–water partition coefficient (Wildman–Crippen LogP) is 2.90. The third-order valence-electron chi connectivity index (χ3n) is 4.92. The normalized spacial score (nSPS) is 38.8. The molecule has 3 nitrogen and oxygen atoms in total. The lowest BCUT2D eigenvalue weighted by atomic mass is 9.75. The summed E-state index contributed by atoms with van der Waals surface area (Å²) in [5, 5.41) is 10.5. The summed E-state index contributed by atoms with van der Waals surface area (Å²) in [6.07, 6.45) is 8.49. The van der Waals surface area contributed by atoms with E-state index in [1.165, 1.54) is 19.3 Å². The van der Waals surface area contributed by atoms with Crippen LogP contribution >= 0.6 is 0 Å². The van der Waals surface area contributed by atoms with Gasteiger partial charge in [0.05, 0.1) is 17.8 Å². The molecule has 1 heterocycles. The molecule has 1 aliphatic carbocycles. The predicted molar refractivity (Wildman–Crippen MR) is 71.6 cm³/mol. The number of hydrogen-bond donors (Lipinski definition) is 1. The summed E-state index contributed by atoms with van der Waals surface area (Å²) >= 11 is 0. The van der Waals surface area contributed by atoms with Crippen LogP contribution in [0.25, 0.3) is 0 Å². The van der Waals surface area contributed by atoms with E-state index in [0.29, 0.717) is 6.10 Å². The molecule has 3 heteroatoms. The monoisotopic (exact) mass is 256 g/mol. The number of rotatable bonds is 5. The topological polar surface area (TPSA) is 38.7 Å². The van der Waals surface area contributed by atoms with Crippen molar-refractivity contribution in [3.8, 4) is 0 Å². The van der Waals surface area contributed by atoms with Crippen LogP contribution in [0.4, 0.5) is 0 Å². The molecule has 1 N–H and O–H groups in total. The van der Waals surface area contributed by atoms with Gasteiger partial charge < -0.3 is 14.6 Å². The lowest BCUT2D eigenvalue weighted by Gasteiger charge is -2.42. The van der Waals surface area contributed by atoms with Crippen molar-refractivity contribution < 1.29 is 14.6 Å². The Labute approximate surface area is 111 Å². The van der Waals surface area contributed by atoms with Gasteiger partial charge in [0.1, 0.15) is 0 Å². The van der Waals surface area contributed by atoms with Crippen molar-refractivity contribution in [3.63, 3.8) is 0 Å². The smallest absolute Gasteiger partial charge is 0.0936 e. The van der Waals surface area contributed by atoms with Crippen molar-refractivity contribution in [2.45, 2.75) is 76.1 Å². The average Bonchev–Trinajstić information content (AvgIpc) is 2.90. The summed E-state index contributed by atoms with van der Waals surface area (Å²) in [4.78, 5) is 0. The average molecular weight is 256 g/mol. The molecular formula is C15H28O3. The molecule has 106 valence electrons. The molecular weight excluding hydrogens is 228 g/mol. The van der Waals surface area contributed by atoms with Crippen LogP contribution in [0.5, 0.6) is 0 Å². The maximum atomic E-state index is 10.5. The molecule has 1 saturated heterocycles. The molecule has 1 aliphatic heterocycles. The van der Waals surface area contributed by atoms with Crippen LogP contribution in [0.2, 0.25) is 0 Å². The van der Waals surface area contributed by atoms with Crippen LogP contribution in [0.15, 0.2) is 0 Å². The number of hydrogen-bond acceptors (Lipinski definition) is 3. The van der Waals surface area contributed by atoms with E-state index in [1.54, 1.807) is 7.11 Å². The number of ether oxygens (including phenoxy) is 2. The number of aliphatic hydroxyl groups is 1. The molecule has 2 rings (SSSR count). The summed E-state index contributed by atoms with van der Waals surface area (Å²) in [7, 11) is 1.76. The lowest BCUT2D eigenvalue weighted by molar-refractivity contribution is -0.132. The number of methoxy groups -OCH3 is 1. The van der Waals surface area contributed by atoms with Gasteiger partial charge >= 0.3 is 0 Å². The molecule has 0 aromatic rings. The Morgan fingerprint density at radius 2 is 2.06 bits per heavy atom. The van der Waals surface area contributed by atoms with E-state index >= 15 is 0 Å². The molecule has 0 aromatic carbocycles. The van der Waals surface area contributed by atoms with Crippen molar-refractivity contribution in [2.24, 2.45) is 5.92 Å². The van der Waals surface area contributed by atoms with Gasteiger partial charge in [-0.3, -0.25) is 0 Å². The standard InChI is InChI=1S/C15H28O3/c1-12-7-9-15(17-2,10-8-12)14(16)6-5-13-4-3-11-18-13/h12-14,16H,3-11H2,1-2H3. The molecule has 0 bridgehead atoms. The molecule has 2 fully saturated rings. The van der Waals surface area contributed by atoms with Gasteiger partial charge in [0, 0.05) is 13.7 Å². The Bertz CT molecular complexity index is 240. The van der Waals surface area contributed by atoms with Gasteiger partial charge in [-0.15, -0.1) is 0 Å². The van der Waals surface area contributed by atoms with Crippen molar-refractivity contribution in [3.05, 3.63) is 0 Å². The zero-order valence-corrected chi connectivity index (χ0v) is 11.9. The van der Waals surface area contributed by atoms with Gasteiger partial charge in [-0.2, -0.15) is 0 Å². The maximum absolute atomic E-state index is 10.5. The lowest BCUT2D eigenvalue weighted by Crippen LogP contribution is -2.47. The van der Waals surface area contributed by atoms with E-state index in [-0.39, 0.29) is 11.7 Å². The van der Waals surface area contributed by atoms with E-state index in [0.717, 1.165) is 44.6 Å². The first-order valence-electron chi connectivity index (χ1n) is 7.51. The van der Waals surface area contributed by atoms with E-state index in [2.05, 4.69) is 6.92 Å². The minimum atomic E-state index is -0.334. The molecule has 0 spiro atoms. The van der Waals surface area contributed by atoms with Crippen molar-refractivity contribution in [2.75, 3.05) is 13.7 Å². The van der Waals surface area contributed by atoms with Gasteiger partial charge in [0.15, 0.2) is 0 Å². The van der Waals surface area contributed by atoms with E-state index < -0.39 is 0 Å². The highest BCUT2D eigenvalue weighted by Gasteiger charge is 2.40. The fraction of sp³-hybridized carbons (Fsp3) is 1.00. The molecule has 0 amide bonds. The highest BCUT2D eigenvalue weighted by Crippen LogP contribution is 2.38. The highest BCUT2D eigenvalue weighted by atomic mass is 16.5. The van der Waals surface area contributed by atoms with Crippen LogP contribution in [0, 0.1) is 5.92 Å². The van der Waals surface area contributed by atoms with Gasteiger partial charge in [-0.05, 0) is 57.3 Å². The third kappa shape index (κ3) is 3.25. The summed E-state index contributed by atoms with van der Waals surface area (Å²) in [5.41, 5.74) is -0.287. The Balaban J connectivity index is 1.82. The molecule has 2 aliphatic rings. The Morgan fingerprint density at radius 1 is 1.33 bits per heavy atom. The number of aliphatic hydroxyl groups excluding tert-OH is 1. The first-order chi connectivity index (χ1) is 8.66. The first kappa shape index (κ1) is 14.3. The zero-order chi connectivity index (χ0) is 13.0. The second-order valence-corrected chi connectivity index (χ2v) is 6.18. The van der Waals surface area contributed by atoms with Crippen molar-refractivity contribution in [1.29, 1.82) is 0 Å². The van der Waals surface area contributed by atoms with E-state index in [4.69, 9.17) is 9.47 Å². The summed E-state index contributed by atoms with van der Waals surface area (Å²) < 4.78 is 11.3. The molecule has 18 heavy (non-hydrogen) atoms. The van der Waals surface area contributed by atoms with Crippen molar-refractivity contribution in [1.82, 2.24) is 0 Å². The summed E-state index contributed by atoms with van der Waals surface area (Å²) in [5.74, 6) is 0.777. The quantitative estimate of drug-likeness (QED) is 0.822. The zero-order valence-electron chi connectivity index (χ0n) is 11.9. The van der Waals surface area contributed by atoms with Crippen LogP contribution in [-0.4, -0.2) is 36.6 Å². The maximum Gasteiger partial charge on any atom is 0.0936 e. The minimum Gasteiger partial charge on any atom is -0.390 e. The molecule has 1 saturated carbocycles. The van der Waals surface area contributed by atoms with E-state index in [9.17, 15) is 5.11 Å². The van der Waals surface area contributed by atoms with Gasteiger partial charge in [0.25, 0.3) is 0 Å². The van der Waals surface area contributed by atoms with E-state index in [1.807, 2.05) is 0 Å². The van der Waals surface area contributed by atoms with Gasteiger partial charge in [-0.25, -0.2) is 0 Å². The Kier molecular flexibility index (Phi) is 5.05. The second kappa shape index (κ2) is 6.36. The highest BCUT2D eigenvalue weighted by molar-refractivity contribution is 4.92. The second-order valence-electron chi connectivity index (χ2n) is 6.18. The molecule has 2 unspecified atom stereocenters. The Hall–Kier alpha value is -0.120. The minimum absolute atomic E-state index is 0.287. The summed E-state index contributed by atoms with van der Waals surface area (Å²) in [6, 6.07) is 0. The fourth-order valence-corrected chi connectivity index (χ4v) is 3.40. The molecule has 2 atom stereocenters. The SMILES string of the molecule is COC1(C(O)CCC2CCCO2)CCC(C)CC1. The fourth-order valence-electron chi connectivity index (χ4n) is 3.40. The Morgan fingerprint density at radius 3 is 2.61 bits per heavy atom. The van der Waals surface area contributed by atoms with Crippen LogP contribution < -0.4 is 0 Å².